The summed E-state index contributed by atoms with van der Waals surface area (Å²) in [6.45, 7) is 5.14. The number of carbonyl (C=O) groups is 1. The number of halogens is 2. The fraction of sp³-hybridized carbons (Fsp3) is 0.588. The molecule has 7 heteroatoms. The summed E-state index contributed by atoms with van der Waals surface area (Å²) in [6.07, 6.45) is 1.70. The molecule has 0 bridgehead atoms. The van der Waals surface area contributed by atoms with Crippen LogP contribution in [0.5, 0.6) is 0 Å². The van der Waals surface area contributed by atoms with Crippen LogP contribution in [0.4, 0.5) is 0 Å². The van der Waals surface area contributed by atoms with Gasteiger partial charge in [-0.15, -0.1) is 24.8 Å². The van der Waals surface area contributed by atoms with Gasteiger partial charge in [0.15, 0.2) is 0 Å². The van der Waals surface area contributed by atoms with E-state index < -0.39 is 0 Å². The molecule has 1 aromatic carbocycles. The van der Waals surface area contributed by atoms with Crippen LogP contribution in [0, 0.1) is 0 Å². The van der Waals surface area contributed by atoms with E-state index in [-0.39, 0.29) is 42.9 Å². The number of hydrogen-bond donors (Lipinski definition) is 2. The standard InChI is InChI=1S/C17H25N3O2.2ClH/c21-17(16-12-18-8-11-22-16)19-15-6-9-20(10-7-15)13-14-4-2-1-3-5-14;;/h1-5,15-16,18H,6-13H2,(H,19,21);2*1H. The Balaban J connectivity index is 0.00000144. The minimum Gasteiger partial charge on any atom is -0.366 e. The molecule has 2 heterocycles. The molecule has 2 N–H and O–H groups in total. The number of rotatable bonds is 4. The van der Waals surface area contributed by atoms with Crippen molar-refractivity contribution in [2.45, 2.75) is 31.5 Å². The van der Waals surface area contributed by atoms with E-state index >= 15 is 0 Å². The van der Waals surface area contributed by atoms with Gasteiger partial charge in [-0.25, -0.2) is 0 Å². The first kappa shape index (κ1) is 21.2. The van der Waals surface area contributed by atoms with Crippen molar-refractivity contribution in [2.75, 3.05) is 32.8 Å². The van der Waals surface area contributed by atoms with Gasteiger partial charge in [-0.3, -0.25) is 9.69 Å². The lowest BCUT2D eigenvalue weighted by Gasteiger charge is -2.33. The van der Waals surface area contributed by atoms with Gasteiger partial charge in [0.1, 0.15) is 6.10 Å². The number of likely N-dealkylation sites (tertiary alicyclic amines) is 1. The third-order valence-electron chi connectivity index (χ3n) is 4.40. The molecule has 0 radical (unpaired) electrons. The van der Waals surface area contributed by atoms with Crippen LogP contribution < -0.4 is 10.6 Å². The Morgan fingerprint density at radius 1 is 1.21 bits per heavy atom. The summed E-state index contributed by atoms with van der Waals surface area (Å²) in [5.74, 6) is 0.0358. The Morgan fingerprint density at radius 2 is 1.92 bits per heavy atom. The van der Waals surface area contributed by atoms with Crippen LogP contribution in [0.25, 0.3) is 0 Å². The Labute approximate surface area is 156 Å². The SMILES string of the molecule is Cl.Cl.O=C(NC1CCN(Cc2ccccc2)CC1)C1CNCCO1. The van der Waals surface area contributed by atoms with Crippen LogP contribution in [0.1, 0.15) is 18.4 Å². The van der Waals surface area contributed by atoms with Crippen LogP contribution in [0.3, 0.4) is 0 Å². The third kappa shape index (κ3) is 6.22. The minimum atomic E-state index is -0.323. The molecule has 1 unspecified atom stereocenters. The van der Waals surface area contributed by atoms with Gasteiger partial charge in [0, 0.05) is 38.8 Å². The number of nitrogens with zero attached hydrogens (tertiary/aromatic N) is 1. The molecule has 24 heavy (non-hydrogen) atoms. The molecule has 0 aliphatic carbocycles. The fourth-order valence-corrected chi connectivity index (χ4v) is 3.10. The first-order valence-corrected chi connectivity index (χ1v) is 8.20. The van der Waals surface area contributed by atoms with Crippen LogP contribution >= 0.6 is 24.8 Å². The Morgan fingerprint density at radius 3 is 2.54 bits per heavy atom. The monoisotopic (exact) mass is 375 g/mol. The number of hydrogen-bond acceptors (Lipinski definition) is 4. The summed E-state index contributed by atoms with van der Waals surface area (Å²) in [6, 6.07) is 10.8. The smallest absolute Gasteiger partial charge is 0.250 e. The minimum absolute atomic E-state index is 0. The molecule has 2 saturated heterocycles. The summed E-state index contributed by atoms with van der Waals surface area (Å²) in [5, 5.41) is 6.34. The van der Waals surface area contributed by atoms with Crippen molar-refractivity contribution in [2.24, 2.45) is 0 Å². The lowest BCUT2D eigenvalue weighted by molar-refractivity contribution is -0.135. The molecule has 1 aromatic rings. The molecule has 3 rings (SSSR count). The van der Waals surface area contributed by atoms with Gasteiger partial charge in [0.25, 0.3) is 5.91 Å². The van der Waals surface area contributed by atoms with Crippen LogP contribution in [-0.4, -0.2) is 55.7 Å². The highest BCUT2D eigenvalue weighted by Gasteiger charge is 2.26. The quantitative estimate of drug-likeness (QED) is 0.838. The zero-order valence-electron chi connectivity index (χ0n) is 13.8. The lowest BCUT2D eigenvalue weighted by atomic mass is 10.0. The van der Waals surface area contributed by atoms with Crippen LogP contribution in [-0.2, 0) is 16.1 Å². The number of nitrogens with one attached hydrogen (secondary N) is 2. The number of piperidine rings is 1. The average Bonchev–Trinajstić information content (AvgIpc) is 2.58. The number of carbonyl (C=O) groups excluding carboxylic acids is 1. The van der Waals surface area contributed by atoms with Crippen molar-refractivity contribution in [3.8, 4) is 0 Å². The summed E-state index contributed by atoms with van der Waals surface area (Å²) >= 11 is 0. The molecular weight excluding hydrogens is 349 g/mol. The van der Waals surface area contributed by atoms with E-state index in [0.717, 1.165) is 39.0 Å². The first-order chi connectivity index (χ1) is 10.8. The largest absolute Gasteiger partial charge is 0.366 e. The van der Waals surface area contributed by atoms with E-state index in [1.165, 1.54) is 5.56 Å². The number of amides is 1. The van der Waals surface area contributed by atoms with Gasteiger partial charge in [-0.2, -0.15) is 0 Å². The summed E-state index contributed by atoms with van der Waals surface area (Å²) < 4.78 is 5.50. The number of ether oxygens (including phenoxy) is 1. The highest BCUT2D eigenvalue weighted by atomic mass is 35.5. The maximum atomic E-state index is 12.1. The third-order valence-corrected chi connectivity index (χ3v) is 4.40. The highest BCUT2D eigenvalue weighted by Crippen LogP contribution is 2.14. The normalized spacial score (nSPS) is 22.1. The second-order valence-electron chi connectivity index (χ2n) is 6.11. The molecule has 2 fully saturated rings. The van der Waals surface area contributed by atoms with E-state index in [9.17, 15) is 4.79 Å². The van der Waals surface area contributed by atoms with Gasteiger partial charge in [-0.1, -0.05) is 30.3 Å². The summed E-state index contributed by atoms with van der Waals surface area (Å²) in [5.41, 5.74) is 1.35. The molecule has 0 saturated carbocycles. The topological polar surface area (TPSA) is 53.6 Å². The molecule has 1 atom stereocenters. The fourth-order valence-electron chi connectivity index (χ4n) is 3.10. The van der Waals surface area contributed by atoms with Gasteiger partial charge in [0.2, 0.25) is 0 Å². The maximum Gasteiger partial charge on any atom is 0.250 e. The molecule has 0 spiro atoms. The van der Waals surface area contributed by atoms with Gasteiger partial charge in [-0.05, 0) is 18.4 Å². The molecule has 2 aliphatic rings. The predicted octanol–water partition coefficient (Wildman–Crippen LogP) is 1.60. The molecule has 0 aromatic heterocycles. The predicted molar refractivity (Wildman–Crippen MR) is 100.0 cm³/mol. The Kier molecular flexibility index (Phi) is 9.63. The number of benzene rings is 1. The molecule has 136 valence electrons. The van der Waals surface area contributed by atoms with E-state index in [2.05, 4.69) is 39.8 Å². The zero-order valence-corrected chi connectivity index (χ0v) is 15.4. The van der Waals surface area contributed by atoms with Crippen molar-refractivity contribution >= 4 is 30.7 Å². The second kappa shape index (κ2) is 10.9. The summed E-state index contributed by atoms with van der Waals surface area (Å²) in [4.78, 5) is 14.6. The van der Waals surface area contributed by atoms with Gasteiger partial charge >= 0.3 is 0 Å². The summed E-state index contributed by atoms with van der Waals surface area (Å²) in [7, 11) is 0. The van der Waals surface area contributed by atoms with Crippen molar-refractivity contribution < 1.29 is 9.53 Å². The molecule has 5 nitrogen and oxygen atoms in total. The lowest BCUT2D eigenvalue weighted by Crippen LogP contribution is -2.52. The van der Waals surface area contributed by atoms with Gasteiger partial charge < -0.3 is 15.4 Å². The second-order valence-corrected chi connectivity index (χ2v) is 6.11. The van der Waals surface area contributed by atoms with Crippen LogP contribution in [0.15, 0.2) is 30.3 Å². The average molecular weight is 376 g/mol. The molecule has 1 amide bonds. The first-order valence-electron chi connectivity index (χ1n) is 8.20. The maximum absolute atomic E-state index is 12.1. The van der Waals surface area contributed by atoms with Crippen molar-refractivity contribution in [3.05, 3.63) is 35.9 Å². The van der Waals surface area contributed by atoms with E-state index in [0.29, 0.717) is 13.2 Å². The van der Waals surface area contributed by atoms with Crippen molar-refractivity contribution in [3.63, 3.8) is 0 Å². The van der Waals surface area contributed by atoms with Crippen LogP contribution in [0.2, 0.25) is 0 Å². The Bertz CT molecular complexity index is 476. The number of morpholine rings is 1. The zero-order chi connectivity index (χ0) is 15.2. The molecule has 2 aliphatic heterocycles. The van der Waals surface area contributed by atoms with E-state index in [1.807, 2.05) is 6.07 Å². The van der Waals surface area contributed by atoms with Gasteiger partial charge in [0.05, 0.1) is 6.61 Å². The van der Waals surface area contributed by atoms with E-state index in [1.54, 1.807) is 0 Å². The van der Waals surface area contributed by atoms with E-state index in [4.69, 9.17) is 4.74 Å². The molecular formula is C17H27Cl2N3O2. The highest BCUT2D eigenvalue weighted by molar-refractivity contribution is 5.85. The van der Waals surface area contributed by atoms with Crippen molar-refractivity contribution in [1.29, 1.82) is 0 Å². The van der Waals surface area contributed by atoms with Crippen molar-refractivity contribution in [1.82, 2.24) is 15.5 Å². The Hall–Kier alpha value is -0.850.